The Morgan fingerprint density at radius 3 is 2.88 bits per heavy atom. The number of hydrogen-bond donors (Lipinski definition) is 2. The van der Waals surface area contributed by atoms with Gasteiger partial charge in [-0.1, -0.05) is 12.1 Å². The second-order valence-corrected chi connectivity index (χ2v) is 5.16. The standard InChI is InChI=1S/C12H13IN2O2/c13-10-4-2-1-3-9(10)12(17)14-7-8-5-6-11(16)15-8/h1-4,8H,5-7H2,(H,14,17)(H,15,16). The van der Waals surface area contributed by atoms with Gasteiger partial charge in [-0.3, -0.25) is 9.59 Å². The molecular weight excluding hydrogens is 331 g/mol. The highest BCUT2D eigenvalue weighted by molar-refractivity contribution is 14.1. The monoisotopic (exact) mass is 344 g/mol. The molecule has 2 N–H and O–H groups in total. The molecule has 0 radical (unpaired) electrons. The smallest absolute Gasteiger partial charge is 0.252 e. The molecule has 0 aliphatic carbocycles. The van der Waals surface area contributed by atoms with Gasteiger partial charge in [0.25, 0.3) is 5.91 Å². The number of nitrogens with one attached hydrogen (secondary N) is 2. The van der Waals surface area contributed by atoms with E-state index in [2.05, 4.69) is 33.2 Å². The minimum absolute atomic E-state index is 0.0681. The first-order chi connectivity index (χ1) is 8.16. The van der Waals surface area contributed by atoms with Gasteiger partial charge in [0.05, 0.1) is 5.56 Å². The van der Waals surface area contributed by atoms with Gasteiger partial charge in [-0.25, -0.2) is 0 Å². The fraction of sp³-hybridized carbons (Fsp3) is 0.333. The quantitative estimate of drug-likeness (QED) is 0.813. The number of carbonyl (C=O) groups excluding carboxylic acids is 2. The molecule has 1 atom stereocenters. The Labute approximate surface area is 113 Å². The van der Waals surface area contributed by atoms with Crippen LogP contribution in [0.1, 0.15) is 23.2 Å². The van der Waals surface area contributed by atoms with Crippen LogP contribution in [-0.2, 0) is 4.79 Å². The van der Waals surface area contributed by atoms with Gasteiger partial charge in [0.1, 0.15) is 0 Å². The van der Waals surface area contributed by atoms with Crippen molar-refractivity contribution in [2.24, 2.45) is 0 Å². The molecule has 4 nitrogen and oxygen atoms in total. The maximum atomic E-state index is 11.9. The Kier molecular flexibility index (Phi) is 3.98. The van der Waals surface area contributed by atoms with Gasteiger partial charge in [-0.2, -0.15) is 0 Å². The fourth-order valence-corrected chi connectivity index (χ4v) is 2.42. The summed E-state index contributed by atoms with van der Waals surface area (Å²) in [6, 6.07) is 7.51. The van der Waals surface area contributed by atoms with E-state index in [-0.39, 0.29) is 17.9 Å². The summed E-state index contributed by atoms with van der Waals surface area (Å²) in [5, 5.41) is 5.66. The number of hydrogen-bond acceptors (Lipinski definition) is 2. The molecule has 5 heteroatoms. The van der Waals surface area contributed by atoms with Crippen molar-refractivity contribution < 1.29 is 9.59 Å². The number of halogens is 1. The second-order valence-electron chi connectivity index (χ2n) is 3.99. The van der Waals surface area contributed by atoms with Gasteiger partial charge in [-0.05, 0) is 41.1 Å². The zero-order valence-electron chi connectivity index (χ0n) is 9.20. The average Bonchev–Trinajstić information content (AvgIpc) is 2.73. The molecule has 17 heavy (non-hydrogen) atoms. The topological polar surface area (TPSA) is 58.2 Å². The minimum Gasteiger partial charge on any atom is -0.352 e. The average molecular weight is 344 g/mol. The summed E-state index contributed by atoms with van der Waals surface area (Å²) in [6.07, 6.45) is 1.36. The molecule has 0 aromatic heterocycles. The Balaban J connectivity index is 1.90. The molecule has 90 valence electrons. The van der Waals surface area contributed by atoms with E-state index in [4.69, 9.17) is 0 Å². The summed E-state index contributed by atoms with van der Waals surface area (Å²) in [4.78, 5) is 22.9. The maximum absolute atomic E-state index is 11.9. The van der Waals surface area contributed by atoms with Gasteiger partial charge in [-0.15, -0.1) is 0 Å². The van der Waals surface area contributed by atoms with Crippen LogP contribution in [0.15, 0.2) is 24.3 Å². The molecule has 2 rings (SSSR count). The van der Waals surface area contributed by atoms with E-state index in [0.717, 1.165) is 9.99 Å². The van der Waals surface area contributed by atoms with Crippen molar-refractivity contribution in [1.82, 2.24) is 10.6 Å². The van der Waals surface area contributed by atoms with E-state index in [9.17, 15) is 9.59 Å². The van der Waals surface area contributed by atoms with Crippen LogP contribution in [0.2, 0.25) is 0 Å². The Hall–Kier alpha value is -1.11. The lowest BCUT2D eigenvalue weighted by molar-refractivity contribution is -0.119. The number of rotatable bonds is 3. The van der Waals surface area contributed by atoms with E-state index in [1.807, 2.05) is 18.2 Å². The Bertz CT molecular complexity index is 448. The predicted molar refractivity (Wildman–Crippen MR) is 72.7 cm³/mol. The maximum Gasteiger partial charge on any atom is 0.252 e. The summed E-state index contributed by atoms with van der Waals surface area (Å²) in [5.74, 6) is -0.0188. The molecular formula is C12H13IN2O2. The zero-order chi connectivity index (χ0) is 12.3. The van der Waals surface area contributed by atoms with Crippen molar-refractivity contribution in [3.63, 3.8) is 0 Å². The van der Waals surface area contributed by atoms with Crippen molar-refractivity contribution in [2.45, 2.75) is 18.9 Å². The van der Waals surface area contributed by atoms with Gasteiger partial charge < -0.3 is 10.6 Å². The molecule has 0 bridgehead atoms. The fourth-order valence-electron chi connectivity index (χ4n) is 1.79. The first-order valence-electron chi connectivity index (χ1n) is 5.49. The Morgan fingerprint density at radius 2 is 2.24 bits per heavy atom. The van der Waals surface area contributed by atoms with Crippen LogP contribution in [0.5, 0.6) is 0 Å². The molecule has 1 aromatic carbocycles. The summed E-state index contributed by atoms with van der Waals surface area (Å²) in [6.45, 7) is 0.496. The van der Waals surface area contributed by atoms with Gasteiger partial charge in [0.15, 0.2) is 0 Å². The van der Waals surface area contributed by atoms with Crippen molar-refractivity contribution >= 4 is 34.4 Å². The van der Waals surface area contributed by atoms with Crippen molar-refractivity contribution in [2.75, 3.05) is 6.54 Å². The van der Waals surface area contributed by atoms with Crippen LogP contribution < -0.4 is 10.6 Å². The molecule has 1 heterocycles. The van der Waals surface area contributed by atoms with E-state index >= 15 is 0 Å². The van der Waals surface area contributed by atoms with Crippen molar-refractivity contribution in [3.05, 3.63) is 33.4 Å². The molecule has 1 aliphatic heterocycles. The largest absolute Gasteiger partial charge is 0.352 e. The molecule has 1 saturated heterocycles. The predicted octanol–water partition coefficient (Wildman–Crippen LogP) is 1.30. The summed E-state index contributed by atoms with van der Waals surface area (Å²) in [7, 11) is 0. The molecule has 1 unspecified atom stereocenters. The molecule has 1 aliphatic rings. The van der Waals surface area contributed by atoms with Crippen LogP contribution in [0, 0.1) is 3.57 Å². The number of carbonyl (C=O) groups is 2. The summed E-state index contributed by atoms with van der Waals surface area (Å²) < 4.78 is 0.929. The molecule has 0 spiro atoms. The van der Waals surface area contributed by atoms with Crippen LogP contribution in [0.4, 0.5) is 0 Å². The van der Waals surface area contributed by atoms with Gasteiger partial charge in [0, 0.05) is 22.6 Å². The third kappa shape index (κ3) is 3.18. The lowest BCUT2D eigenvalue weighted by Crippen LogP contribution is -2.38. The first-order valence-corrected chi connectivity index (χ1v) is 6.57. The van der Waals surface area contributed by atoms with Crippen LogP contribution in [0.3, 0.4) is 0 Å². The minimum atomic E-state index is -0.0869. The number of amides is 2. The van der Waals surface area contributed by atoms with Crippen molar-refractivity contribution in [1.29, 1.82) is 0 Å². The van der Waals surface area contributed by atoms with E-state index in [0.29, 0.717) is 18.5 Å². The molecule has 2 amide bonds. The van der Waals surface area contributed by atoms with E-state index in [1.54, 1.807) is 6.07 Å². The van der Waals surface area contributed by atoms with Gasteiger partial charge in [0.2, 0.25) is 5.91 Å². The highest BCUT2D eigenvalue weighted by Crippen LogP contribution is 2.11. The summed E-state index contributed by atoms with van der Waals surface area (Å²) in [5.41, 5.74) is 0.678. The zero-order valence-corrected chi connectivity index (χ0v) is 11.4. The highest BCUT2D eigenvalue weighted by atomic mass is 127. The molecule has 1 fully saturated rings. The number of benzene rings is 1. The van der Waals surface area contributed by atoms with E-state index < -0.39 is 0 Å². The van der Waals surface area contributed by atoms with Crippen LogP contribution >= 0.6 is 22.6 Å². The van der Waals surface area contributed by atoms with Crippen LogP contribution in [0.25, 0.3) is 0 Å². The van der Waals surface area contributed by atoms with E-state index in [1.165, 1.54) is 0 Å². The third-order valence-corrected chi connectivity index (χ3v) is 3.65. The SMILES string of the molecule is O=C1CCC(CNC(=O)c2ccccc2I)N1. The van der Waals surface area contributed by atoms with Crippen molar-refractivity contribution in [3.8, 4) is 0 Å². The lowest BCUT2D eigenvalue weighted by atomic mass is 10.2. The second kappa shape index (κ2) is 5.48. The van der Waals surface area contributed by atoms with Crippen LogP contribution in [-0.4, -0.2) is 24.4 Å². The molecule has 0 saturated carbocycles. The normalized spacial score (nSPS) is 18.9. The Morgan fingerprint density at radius 1 is 1.47 bits per heavy atom. The highest BCUT2D eigenvalue weighted by Gasteiger charge is 2.21. The lowest BCUT2D eigenvalue weighted by Gasteiger charge is -2.11. The third-order valence-electron chi connectivity index (χ3n) is 2.71. The first kappa shape index (κ1) is 12.3. The van der Waals surface area contributed by atoms with Gasteiger partial charge >= 0.3 is 0 Å². The summed E-state index contributed by atoms with van der Waals surface area (Å²) >= 11 is 2.14. The molecule has 1 aromatic rings.